The lowest BCUT2D eigenvalue weighted by Crippen LogP contribution is -2.36. The molecule has 1 aromatic heterocycles. The van der Waals surface area contributed by atoms with Crippen molar-refractivity contribution in [3.63, 3.8) is 0 Å². The van der Waals surface area contributed by atoms with Gasteiger partial charge in [0.15, 0.2) is 5.78 Å². The van der Waals surface area contributed by atoms with Gasteiger partial charge in [0.25, 0.3) is 0 Å². The molecule has 0 spiro atoms. The van der Waals surface area contributed by atoms with Crippen LogP contribution in [0.3, 0.4) is 0 Å². The predicted molar refractivity (Wildman–Crippen MR) is 85.5 cm³/mol. The summed E-state index contributed by atoms with van der Waals surface area (Å²) in [5.41, 5.74) is 3.10. The number of Topliss-reactive ketones (excluding diaryl/α,β-unsaturated/α-hetero) is 1. The van der Waals surface area contributed by atoms with Crippen LogP contribution in [0.5, 0.6) is 0 Å². The van der Waals surface area contributed by atoms with Gasteiger partial charge in [-0.05, 0) is 46.7 Å². The van der Waals surface area contributed by atoms with Crippen LogP contribution in [0.25, 0.3) is 0 Å². The molecule has 0 saturated carbocycles. The van der Waals surface area contributed by atoms with Gasteiger partial charge in [0.1, 0.15) is 0 Å². The van der Waals surface area contributed by atoms with Gasteiger partial charge in [-0.1, -0.05) is 19.8 Å². The average molecular weight is 278 g/mol. The number of rotatable bonds is 8. The first kappa shape index (κ1) is 17.0. The van der Waals surface area contributed by atoms with Crippen LogP contribution in [0.4, 0.5) is 0 Å². The number of ketones is 1. The maximum Gasteiger partial charge on any atom is 0.178 e. The minimum Gasteiger partial charge on any atom is -0.351 e. The number of aromatic nitrogens is 1. The topological polar surface area (TPSA) is 25.2 Å². The van der Waals surface area contributed by atoms with Crippen molar-refractivity contribution in [3.05, 3.63) is 23.0 Å². The molecule has 0 unspecified atom stereocenters. The van der Waals surface area contributed by atoms with E-state index < -0.39 is 0 Å². The average Bonchev–Trinajstić information content (AvgIpc) is 2.65. The third-order valence-electron chi connectivity index (χ3n) is 4.20. The minimum absolute atomic E-state index is 0.247. The van der Waals surface area contributed by atoms with Crippen LogP contribution in [0.1, 0.15) is 61.8 Å². The number of carbonyl (C=O) groups is 1. The molecule has 3 nitrogen and oxygen atoms in total. The zero-order chi connectivity index (χ0) is 15.3. The summed E-state index contributed by atoms with van der Waals surface area (Å²) in [7, 11) is 2.02. The molecule has 0 atom stereocenters. The second-order valence-corrected chi connectivity index (χ2v) is 6.04. The summed E-state index contributed by atoms with van der Waals surface area (Å²) in [6, 6.07) is 2.43. The SMILES string of the molecule is CCCCCN(CC(=O)c1cc(C)n(C)c1C)C(C)C. The number of hydrogen-bond acceptors (Lipinski definition) is 2. The van der Waals surface area contributed by atoms with Crippen molar-refractivity contribution in [2.75, 3.05) is 13.1 Å². The van der Waals surface area contributed by atoms with Crippen LogP contribution >= 0.6 is 0 Å². The van der Waals surface area contributed by atoms with Crippen molar-refractivity contribution < 1.29 is 4.79 Å². The summed E-state index contributed by atoms with van der Waals surface area (Å²) < 4.78 is 2.09. The Bertz CT molecular complexity index is 446. The maximum absolute atomic E-state index is 12.5. The van der Waals surface area contributed by atoms with Gasteiger partial charge in [0, 0.05) is 30.0 Å². The van der Waals surface area contributed by atoms with E-state index in [0.717, 1.165) is 23.5 Å². The van der Waals surface area contributed by atoms with Crippen LogP contribution in [-0.4, -0.2) is 34.4 Å². The largest absolute Gasteiger partial charge is 0.351 e. The smallest absolute Gasteiger partial charge is 0.178 e. The highest BCUT2D eigenvalue weighted by Crippen LogP contribution is 2.15. The molecule has 1 aromatic rings. The van der Waals surface area contributed by atoms with Gasteiger partial charge in [0.2, 0.25) is 0 Å². The van der Waals surface area contributed by atoms with E-state index in [1.807, 2.05) is 27.0 Å². The lowest BCUT2D eigenvalue weighted by atomic mass is 10.1. The van der Waals surface area contributed by atoms with E-state index in [1.54, 1.807) is 0 Å². The lowest BCUT2D eigenvalue weighted by Gasteiger charge is -2.25. The molecule has 0 fully saturated rings. The van der Waals surface area contributed by atoms with Gasteiger partial charge < -0.3 is 4.57 Å². The predicted octanol–water partition coefficient (Wildman–Crippen LogP) is 3.73. The van der Waals surface area contributed by atoms with Crippen LogP contribution < -0.4 is 0 Å². The highest BCUT2D eigenvalue weighted by atomic mass is 16.1. The zero-order valence-corrected chi connectivity index (χ0v) is 14.0. The molecule has 114 valence electrons. The molecular formula is C17H30N2O. The Morgan fingerprint density at radius 3 is 2.40 bits per heavy atom. The Labute approximate surface area is 124 Å². The summed E-state index contributed by atoms with van der Waals surface area (Å²) in [4.78, 5) is 14.8. The number of unbranched alkanes of at least 4 members (excludes halogenated alkanes) is 2. The second-order valence-electron chi connectivity index (χ2n) is 6.04. The van der Waals surface area contributed by atoms with E-state index in [9.17, 15) is 4.79 Å². The molecule has 0 aromatic carbocycles. The summed E-state index contributed by atoms with van der Waals surface area (Å²) in [5, 5.41) is 0. The molecule has 0 radical (unpaired) electrons. The van der Waals surface area contributed by atoms with Gasteiger partial charge in [-0.25, -0.2) is 0 Å². The summed E-state index contributed by atoms with van der Waals surface area (Å²) in [6.07, 6.45) is 3.63. The van der Waals surface area contributed by atoms with E-state index in [4.69, 9.17) is 0 Å². The first-order valence-electron chi connectivity index (χ1n) is 7.78. The van der Waals surface area contributed by atoms with Crippen molar-refractivity contribution in [2.24, 2.45) is 7.05 Å². The number of hydrogen-bond donors (Lipinski definition) is 0. The van der Waals surface area contributed by atoms with Crippen LogP contribution in [0.2, 0.25) is 0 Å². The minimum atomic E-state index is 0.247. The Kier molecular flexibility index (Phi) is 6.47. The van der Waals surface area contributed by atoms with Crippen molar-refractivity contribution in [3.8, 4) is 0 Å². The monoisotopic (exact) mass is 278 g/mol. The molecule has 0 aliphatic rings. The molecule has 20 heavy (non-hydrogen) atoms. The highest BCUT2D eigenvalue weighted by molar-refractivity contribution is 5.99. The molecule has 0 aliphatic carbocycles. The lowest BCUT2D eigenvalue weighted by molar-refractivity contribution is 0.0903. The van der Waals surface area contributed by atoms with E-state index >= 15 is 0 Å². The molecule has 0 amide bonds. The molecule has 1 rings (SSSR count). The number of carbonyl (C=O) groups excluding carboxylic acids is 1. The standard InChI is InChI=1S/C17H30N2O/c1-7-8-9-10-19(13(2)3)12-17(20)16-11-14(4)18(6)15(16)5/h11,13H,7-10,12H2,1-6H3. The van der Waals surface area contributed by atoms with Gasteiger partial charge in [0.05, 0.1) is 6.54 Å². The summed E-state index contributed by atoms with van der Waals surface area (Å²) >= 11 is 0. The fourth-order valence-electron chi connectivity index (χ4n) is 2.49. The molecule has 0 aliphatic heterocycles. The molecule has 0 bridgehead atoms. The normalized spacial score (nSPS) is 11.6. The first-order valence-corrected chi connectivity index (χ1v) is 7.78. The quantitative estimate of drug-likeness (QED) is 0.535. The van der Waals surface area contributed by atoms with Crippen molar-refractivity contribution >= 4 is 5.78 Å². The third-order valence-corrected chi connectivity index (χ3v) is 4.20. The highest BCUT2D eigenvalue weighted by Gasteiger charge is 2.18. The Morgan fingerprint density at radius 2 is 1.95 bits per heavy atom. The Balaban J connectivity index is 2.72. The van der Waals surface area contributed by atoms with Gasteiger partial charge >= 0.3 is 0 Å². The third kappa shape index (κ3) is 4.20. The second kappa shape index (κ2) is 7.63. The fourth-order valence-corrected chi connectivity index (χ4v) is 2.49. The van der Waals surface area contributed by atoms with Crippen molar-refractivity contribution in [1.82, 2.24) is 9.47 Å². The van der Waals surface area contributed by atoms with Gasteiger partial charge in [-0.3, -0.25) is 9.69 Å². The van der Waals surface area contributed by atoms with E-state index in [2.05, 4.69) is 30.2 Å². The molecule has 0 N–H and O–H groups in total. The summed E-state index contributed by atoms with van der Waals surface area (Å²) in [6.45, 7) is 12.2. The zero-order valence-electron chi connectivity index (χ0n) is 14.0. The Morgan fingerprint density at radius 1 is 1.30 bits per heavy atom. The van der Waals surface area contributed by atoms with E-state index in [1.165, 1.54) is 19.3 Å². The maximum atomic E-state index is 12.5. The number of nitrogens with zero attached hydrogens (tertiary/aromatic N) is 2. The molecule has 1 heterocycles. The summed E-state index contributed by atoms with van der Waals surface area (Å²) in [5.74, 6) is 0.247. The molecule has 3 heteroatoms. The van der Waals surface area contributed by atoms with Gasteiger partial charge in [-0.15, -0.1) is 0 Å². The van der Waals surface area contributed by atoms with Crippen molar-refractivity contribution in [2.45, 2.75) is 59.9 Å². The van der Waals surface area contributed by atoms with Crippen LogP contribution in [-0.2, 0) is 7.05 Å². The van der Waals surface area contributed by atoms with Crippen LogP contribution in [0, 0.1) is 13.8 Å². The van der Waals surface area contributed by atoms with Gasteiger partial charge in [-0.2, -0.15) is 0 Å². The van der Waals surface area contributed by atoms with Crippen molar-refractivity contribution in [1.29, 1.82) is 0 Å². The Hall–Kier alpha value is -1.09. The fraction of sp³-hybridized carbons (Fsp3) is 0.706. The number of aryl methyl sites for hydroxylation is 1. The molecular weight excluding hydrogens is 248 g/mol. The van der Waals surface area contributed by atoms with E-state index in [0.29, 0.717) is 12.6 Å². The van der Waals surface area contributed by atoms with Crippen LogP contribution in [0.15, 0.2) is 6.07 Å². The molecule has 0 saturated heterocycles. The van der Waals surface area contributed by atoms with E-state index in [-0.39, 0.29) is 5.78 Å². The first-order chi connectivity index (χ1) is 9.38.